The van der Waals surface area contributed by atoms with E-state index in [0.29, 0.717) is 17.2 Å². The molecular formula is C20H18ClFN2O3. The Hall–Kier alpha value is -2.86. The van der Waals surface area contributed by atoms with Crippen LogP contribution in [-0.2, 0) is 11.3 Å². The Bertz CT molecular complexity index is 969. The van der Waals surface area contributed by atoms with E-state index in [4.69, 9.17) is 16.0 Å². The maximum absolute atomic E-state index is 12.9. The van der Waals surface area contributed by atoms with Crippen molar-refractivity contribution < 1.29 is 18.4 Å². The average Bonchev–Trinajstić information content (AvgIpc) is 3.08. The molecule has 0 bridgehead atoms. The van der Waals surface area contributed by atoms with Crippen LogP contribution in [0, 0.1) is 5.82 Å². The smallest absolute Gasteiger partial charge is 0.290 e. The number of carbonyl (C=O) groups is 2. The minimum absolute atomic E-state index is 0.103. The highest BCUT2D eigenvalue weighted by atomic mass is 35.5. The van der Waals surface area contributed by atoms with Gasteiger partial charge in [-0.2, -0.15) is 0 Å². The first-order chi connectivity index (χ1) is 13.0. The zero-order valence-electron chi connectivity index (χ0n) is 14.7. The minimum Gasteiger partial charge on any atom is -0.451 e. The predicted octanol–water partition coefficient (Wildman–Crippen LogP) is 4.00. The van der Waals surface area contributed by atoms with E-state index in [9.17, 15) is 14.0 Å². The lowest BCUT2D eigenvalue weighted by molar-refractivity contribution is -0.121. The van der Waals surface area contributed by atoms with Crippen LogP contribution in [-0.4, -0.2) is 29.8 Å². The molecule has 0 aliphatic heterocycles. The first-order valence-corrected chi connectivity index (χ1v) is 8.83. The van der Waals surface area contributed by atoms with Crippen molar-refractivity contribution in [2.45, 2.75) is 13.5 Å². The van der Waals surface area contributed by atoms with E-state index in [1.54, 1.807) is 43.3 Å². The van der Waals surface area contributed by atoms with Crippen molar-refractivity contribution in [2.75, 3.05) is 13.1 Å². The van der Waals surface area contributed by atoms with Crippen molar-refractivity contribution in [3.8, 4) is 0 Å². The fourth-order valence-electron chi connectivity index (χ4n) is 2.63. The summed E-state index contributed by atoms with van der Waals surface area (Å²) in [5.74, 6) is -0.865. The van der Waals surface area contributed by atoms with Gasteiger partial charge in [0.15, 0.2) is 5.76 Å². The summed E-state index contributed by atoms with van der Waals surface area (Å²) in [5.41, 5.74) is 1.33. The molecule has 0 radical (unpaired) electrons. The van der Waals surface area contributed by atoms with Gasteiger partial charge < -0.3 is 14.6 Å². The molecule has 3 aromatic rings. The molecule has 0 spiro atoms. The summed E-state index contributed by atoms with van der Waals surface area (Å²) in [6, 6.07) is 12.6. The van der Waals surface area contributed by atoms with Crippen LogP contribution < -0.4 is 5.32 Å². The van der Waals surface area contributed by atoms with Gasteiger partial charge in [0.25, 0.3) is 5.91 Å². The SMILES string of the molecule is CCN(CC(=O)NCc1ccc(F)cc1)C(=O)c1cc2cc(Cl)ccc2o1. The molecule has 0 aliphatic rings. The van der Waals surface area contributed by atoms with Gasteiger partial charge in [-0.25, -0.2) is 4.39 Å². The Morgan fingerprint density at radius 1 is 1.15 bits per heavy atom. The topological polar surface area (TPSA) is 62.6 Å². The van der Waals surface area contributed by atoms with Crippen LogP contribution in [0.25, 0.3) is 11.0 Å². The van der Waals surface area contributed by atoms with Crippen molar-refractivity contribution in [3.63, 3.8) is 0 Å². The number of nitrogens with one attached hydrogen (secondary N) is 1. The number of amides is 2. The summed E-state index contributed by atoms with van der Waals surface area (Å²) in [6.45, 7) is 2.29. The molecule has 1 N–H and O–H groups in total. The molecule has 0 fully saturated rings. The molecule has 27 heavy (non-hydrogen) atoms. The minimum atomic E-state index is -0.373. The number of nitrogens with zero attached hydrogens (tertiary/aromatic N) is 1. The Labute approximate surface area is 160 Å². The van der Waals surface area contributed by atoms with E-state index in [-0.39, 0.29) is 36.5 Å². The number of benzene rings is 2. The van der Waals surface area contributed by atoms with E-state index in [1.807, 2.05) is 0 Å². The standard InChI is InChI=1S/C20H18ClFN2O3/c1-2-24(12-19(25)23-11-13-3-6-16(22)7-4-13)20(26)18-10-14-9-15(21)5-8-17(14)27-18/h3-10H,2,11-12H2,1H3,(H,23,25). The third kappa shape index (κ3) is 4.65. The van der Waals surface area contributed by atoms with E-state index in [1.165, 1.54) is 17.0 Å². The van der Waals surface area contributed by atoms with Crippen LogP contribution >= 0.6 is 11.6 Å². The first-order valence-electron chi connectivity index (χ1n) is 8.46. The van der Waals surface area contributed by atoms with Crippen molar-refractivity contribution in [3.05, 3.63) is 70.7 Å². The zero-order valence-corrected chi connectivity index (χ0v) is 15.4. The normalized spacial score (nSPS) is 10.8. The lowest BCUT2D eigenvalue weighted by Gasteiger charge is -2.19. The number of hydrogen-bond acceptors (Lipinski definition) is 3. The van der Waals surface area contributed by atoms with Gasteiger partial charge in [-0.05, 0) is 48.9 Å². The lowest BCUT2D eigenvalue weighted by Crippen LogP contribution is -2.40. The number of carbonyl (C=O) groups excluding carboxylic acids is 2. The summed E-state index contributed by atoms with van der Waals surface area (Å²) in [7, 11) is 0. The van der Waals surface area contributed by atoms with E-state index < -0.39 is 0 Å². The molecule has 1 aromatic heterocycles. The summed E-state index contributed by atoms with van der Waals surface area (Å²) in [5, 5.41) is 4.00. The predicted molar refractivity (Wildman–Crippen MR) is 101 cm³/mol. The Balaban J connectivity index is 1.63. The monoisotopic (exact) mass is 388 g/mol. The number of halogens is 2. The van der Waals surface area contributed by atoms with Crippen LogP contribution in [0.1, 0.15) is 23.0 Å². The number of rotatable bonds is 6. The molecule has 3 rings (SSSR count). The summed E-state index contributed by atoms with van der Waals surface area (Å²) >= 11 is 5.95. The van der Waals surface area contributed by atoms with Crippen LogP contribution in [0.2, 0.25) is 5.02 Å². The van der Waals surface area contributed by atoms with Crippen molar-refractivity contribution in [1.82, 2.24) is 10.2 Å². The number of furan rings is 1. The maximum atomic E-state index is 12.9. The third-order valence-electron chi connectivity index (χ3n) is 4.10. The molecule has 2 amide bonds. The maximum Gasteiger partial charge on any atom is 0.290 e. The molecule has 7 heteroatoms. The summed E-state index contributed by atoms with van der Waals surface area (Å²) in [4.78, 5) is 26.2. The van der Waals surface area contributed by atoms with Crippen molar-refractivity contribution in [1.29, 1.82) is 0 Å². The number of hydrogen-bond donors (Lipinski definition) is 1. The largest absolute Gasteiger partial charge is 0.451 e. The highest BCUT2D eigenvalue weighted by Gasteiger charge is 2.21. The van der Waals surface area contributed by atoms with E-state index >= 15 is 0 Å². The molecule has 140 valence electrons. The number of likely N-dealkylation sites (N-methyl/N-ethyl adjacent to an activating group) is 1. The molecule has 0 aliphatic carbocycles. The van der Waals surface area contributed by atoms with Gasteiger partial charge in [-0.15, -0.1) is 0 Å². The molecule has 0 atom stereocenters. The second kappa shape index (κ2) is 8.22. The third-order valence-corrected chi connectivity index (χ3v) is 4.33. The molecule has 0 unspecified atom stereocenters. The molecule has 5 nitrogen and oxygen atoms in total. The average molecular weight is 389 g/mol. The molecule has 0 saturated carbocycles. The highest BCUT2D eigenvalue weighted by molar-refractivity contribution is 6.31. The second-order valence-electron chi connectivity index (χ2n) is 6.02. The number of fused-ring (bicyclic) bond motifs is 1. The van der Waals surface area contributed by atoms with Gasteiger partial charge in [0, 0.05) is 23.5 Å². The Kier molecular flexibility index (Phi) is 5.76. The van der Waals surface area contributed by atoms with Gasteiger partial charge >= 0.3 is 0 Å². The van der Waals surface area contributed by atoms with Crippen LogP contribution in [0.3, 0.4) is 0 Å². The Morgan fingerprint density at radius 3 is 2.59 bits per heavy atom. The molecular weight excluding hydrogens is 371 g/mol. The fourth-order valence-corrected chi connectivity index (χ4v) is 2.82. The molecule has 2 aromatic carbocycles. The van der Waals surface area contributed by atoms with Crippen LogP contribution in [0.15, 0.2) is 52.9 Å². The highest BCUT2D eigenvalue weighted by Crippen LogP contribution is 2.23. The lowest BCUT2D eigenvalue weighted by atomic mass is 10.2. The quantitative estimate of drug-likeness (QED) is 0.694. The summed E-state index contributed by atoms with van der Waals surface area (Å²) in [6.07, 6.45) is 0. The van der Waals surface area contributed by atoms with Crippen molar-refractivity contribution in [2.24, 2.45) is 0 Å². The van der Waals surface area contributed by atoms with Gasteiger partial charge in [-0.3, -0.25) is 9.59 Å². The van der Waals surface area contributed by atoms with E-state index in [0.717, 1.165) is 10.9 Å². The molecule has 1 heterocycles. The first kappa shape index (κ1) is 18.9. The van der Waals surface area contributed by atoms with Gasteiger partial charge in [-0.1, -0.05) is 23.7 Å². The zero-order chi connectivity index (χ0) is 19.4. The van der Waals surface area contributed by atoms with Gasteiger partial charge in [0.1, 0.15) is 11.4 Å². The molecule has 0 saturated heterocycles. The van der Waals surface area contributed by atoms with E-state index in [2.05, 4.69) is 5.32 Å². The Morgan fingerprint density at radius 2 is 1.89 bits per heavy atom. The van der Waals surface area contributed by atoms with Gasteiger partial charge in [0.2, 0.25) is 5.91 Å². The van der Waals surface area contributed by atoms with Crippen molar-refractivity contribution >= 4 is 34.4 Å². The second-order valence-corrected chi connectivity index (χ2v) is 6.45. The van der Waals surface area contributed by atoms with Crippen LogP contribution in [0.4, 0.5) is 4.39 Å². The van der Waals surface area contributed by atoms with Gasteiger partial charge in [0.05, 0.1) is 6.54 Å². The summed E-state index contributed by atoms with van der Waals surface area (Å²) < 4.78 is 18.5. The van der Waals surface area contributed by atoms with Crippen LogP contribution in [0.5, 0.6) is 0 Å². The fraction of sp³-hybridized carbons (Fsp3) is 0.200.